The minimum atomic E-state index is -0.628. The second-order valence-corrected chi connectivity index (χ2v) is 7.05. The van der Waals surface area contributed by atoms with Gasteiger partial charge < -0.3 is 15.3 Å². The van der Waals surface area contributed by atoms with Crippen molar-refractivity contribution in [2.45, 2.75) is 32.2 Å². The van der Waals surface area contributed by atoms with Crippen LogP contribution in [0.3, 0.4) is 0 Å². The fourth-order valence-corrected chi connectivity index (χ4v) is 3.10. The van der Waals surface area contributed by atoms with Gasteiger partial charge >= 0.3 is 0 Å². The van der Waals surface area contributed by atoms with E-state index in [9.17, 15) is 14.7 Å². The predicted molar refractivity (Wildman–Crippen MR) is 82.3 cm³/mol. The Morgan fingerprint density at radius 1 is 1.52 bits per heavy atom. The van der Waals surface area contributed by atoms with E-state index in [1.54, 1.807) is 18.7 Å². The molecular weight excluding hydrogens is 288 g/mol. The van der Waals surface area contributed by atoms with Crippen LogP contribution in [0, 0.1) is 5.92 Å². The van der Waals surface area contributed by atoms with E-state index in [0.29, 0.717) is 18.0 Å². The number of rotatable bonds is 4. The number of aliphatic hydroxyl groups is 1. The van der Waals surface area contributed by atoms with Crippen LogP contribution >= 0.6 is 11.3 Å². The lowest BCUT2D eigenvalue weighted by Gasteiger charge is -2.34. The first-order valence-corrected chi connectivity index (χ1v) is 8.06. The van der Waals surface area contributed by atoms with Crippen molar-refractivity contribution in [2.75, 3.05) is 19.7 Å². The van der Waals surface area contributed by atoms with Crippen LogP contribution in [0.5, 0.6) is 0 Å². The van der Waals surface area contributed by atoms with E-state index in [4.69, 9.17) is 0 Å². The highest BCUT2D eigenvalue weighted by Gasteiger charge is 2.31. The Balaban J connectivity index is 1.97. The second-order valence-electron chi connectivity index (χ2n) is 6.10. The van der Waals surface area contributed by atoms with Crippen LogP contribution in [0.1, 0.15) is 36.4 Å². The van der Waals surface area contributed by atoms with Gasteiger partial charge in [-0.3, -0.25) is 9.59 Å². The lowest BCUT2D eigenvalue weighted by molar-refractivity contribution is -0.128. The summed E-state index contributed by atoms with van der Waals surface area (Å²) in [6.07, 6.45) is 1.61. The normalized spacial score (nSPS) is 19.4. The lowest BCUT2D eigenvalue weighted by atomic mass is 9.95. The summed E-state index contributed by atoms with van der Waals surface area (Å²) in [5.74, 6) is -0.282. The number of piperidine rings is 1. The van der Waals surface area contributed by atoms with Crippen LogP contribution in [-0.4, -0.2) is 47.1 Å². The van der Waals surface area contributed by atoms with Gasteiger partial charge in [-0.15, -0.1) is 11.3 Å². The number of hydrogen-bond acceptors (Lipinski definition) is 4. The molecule has 1 unspecified atom stereocenters. The maximum atomic E-state index is 12.3. The standard InChI is InChI=1S/C15H22N2O3S/c1-15(2,10-18)16-13(19)11-5-3-7-17(9-11)14(20)12-6-4-8-21-12/h4,6,8,11,18H,3,5,7,9-10H2,1-2H3,(H,16,19). The maximum absolute atomic E-state index is 12.3. The molecule has 5 nitrogen and oxygen atoms in total. The monoisotopic (exact) mass is 310 g/mol. The maximum Gasteiger partial charge on any atom is 0.263 e. The van der Waals surface area contributed by atoms with E-state index in [-0.39, 0.29) is 24.3 Å². The van der Waals surface area contributed by atoms with Crippen molar-refractivity contribution in [1.29, 1.82) is 0 Å². The summed E-state index contributed by atoms with van der Waals surface area (Å²) in [5.41, 5.74) is -0.628. The summed E-state index contributed by atoms with van der Waals surface area (Å²) in [7, 11) is 0. The minimum Gasteiger partial charge on any atom is -0.394 e. The van der Waals surface area contributed by atoms with Gasteiger partial charge in [-0.05, 0) is 38.1 Å². The van der Waals surface area contributed by atoms with Crippen molar-refractivity contribution in [3.8, 4) is 0 Å². The Hall–Kier alpha value is -1.40. The summed E-state index contributed by atoms with van der Waals surface area (Å²) in [4.78, 5) is 27.1. The molecule has 2 heterocycles. The Morgan fingerprint density at radius 3 is 2.90 bits per heavy atom. The van der Waals surface area contributed by atoms with Gasteiger partial charge in [-0.25, -0.2) is 0 Å². The van der Waals surface area contributed by atoms with E-state index in [2.05, 4.69) is 5.32 Å². The number of nitrogens with zero attached hydrogens (tertiary/aromatic N) is 1. The lowest BCUT2D eigenvalue weighted by Crippen LogP contribution is -2.52. The minimum absolute atomic E-state index is 0.00363. The zero-order valence-electron chi connectivity index (χ0n) is 12.5. The number of likely N-dealkylation sites (tertiary alicyclic amines) is 1. The number of aliphatic hydroxyl groups excluding tert-OH is 1. The second kappa shape index (κ2) is 6.58. The number of nitrogens with one attached hydrogen (secondary N) is 1. The van der Waals surface area contributed by atoms with E-state index in [0.717, 1.165) is 12.8 Å². The molecule has 0 aliphatic carbocycles. The van der Waals surface area contributed by atoms with Crippen LogP contribution in [0.4, 0.5) is 0 Å². The van der Waals surface area contributed by atoms with Crippen molar-refractivity contribution in [2.24, 2.45) is 5.92 Å². The van der Waals surface area contributed by atoms with Gasteiger partial charge in [0.05, 0.1) is 22.9 Å². The Bertz CT molecular complexity index is 499. The first-order valence-electron chi connectivity index (χ1n) is 7.18. The Kier molecular flexibility index (Phi) is 5.00. The van der Waals surface area contributed by atoms with Gasteiger partial charge in [0.25, 0.3) is 5.91 Å². The molecule has 0 spiro atoms. The van der Waals surface area contributed by atoms with E-state index in [1.165, 1.54) is 11.3 Å². The zero-order chi connectivity index (χ0) is 15.5. The summed E-state index contributed by atoms with van der Waals surface area (Å²) in [6.45, 7) is 4.60. The van der Waals surface area contributed by atoms with Gasteiger partial charge in [-0.2, -0.15) is 0 Å². The first kappa shape index (κ1) is 16.0. The fourth-order valence-electron chi connectivity index (χ4n) is 2.41. The number of carbonyl (C=O) groups excluding carboxylic acids is 2. The highest BCUT2D eigenvalue weighted by atomic mass is 32.1. The Labute approximate surface area is 129 Å². The molecule has 2 rings (SSSR count). The topological polar surface area (TPSA) is 69.6 Å². The smallest absolute Gasteiger partial charge is 0.263 e. The molecule has 0 bridgehead atoms. The molecule has 21 heavy (non-hydrogen) atoms. The quantitative estimate of drug-likeness (QED) is 0.885. The number of hydrogen-bond donors (Lipinski definition) is 2. The number of amides is 2. The molecule has 6 heteroatoms. The van der Waals surface area contributed by atoms with Gasteiger partial charge in [-0.1, -0.05) is 6.07 Å². The van der Waals surface area contributed by atoms with Crippen LogP contribution in [0.2, 0.25) is 0 Å². The number of carbonyl (C=O) groups is 2. The van der Waals surface area contributed by atoms with Gasteiger partial charge in [0.15, 0.2) is 0 Å². The third-order valence-corrected chi connectivity index (χ3v) is 4.53. The van der Waals surface area contributed by atoms with Crippen molar-refractivity contribution in [3.63, 3.8) is 0 Å². The van der Waals surface area contributed by atoms with Gasteiger partial charge in [0, 0.05) is 13.1 Å². The molecule has 116 valence electrons. The van der Waals surface area contributed by atoms with Crippen LogP contribution in [0.25, 0.3) is 0 Å². The SMILES string of the molecule is CC(C)(CO)NC(=O)C1CCCN(C(=O)c2cccs2)C1. The molecule has 1 fully saturated rings. The molecule has 1 aliphatic rings. The highest BCUT2D eigenvalue weighted by Crippen LogP contribution is 2.21. The van der Waals surface area contributed by atoms with Crippen molar-refractivity contribution < 1.29 is 14.7 Å². The molecule has 1 aliphatic heterocycles. The fraction of sp³-hybridized carbons (Fsp3) is 0.600. The summed E-state index contributed by atoms with van der Waals surface area (Å²) in [5, 5.41) is 14.0. The summed E-state index contributed by atoms with van der Waals surface area (Å²) >= 11 is 1.42. The highest BCUT2D eigenvalue weighted by molar-refractivity contribution is 7.12. The van der Waals surface area contributed by atoms with Crippen LogP contribution in [-0.2, 0) is 4.79 Å². The zero-order valence-corrected chi connectivity index (χ0v) is 13.3. The van der Waals surface area contributed by atoms with E-state index < -0.39 is 5.54 Å². The average Bonchev–Trinajstić information content (AvgIpc) is 3.00. The molecule has 2 amide bonds. The summed E-state index contributed by atoms with van der Waals surface area (Å²) in [6, 6.07) is 3.67. The molecule has 0 saturated carbocycles. The first-order chi connectivity index (χ1) is 9.93. The molecule has 0 radical (unpaired) electrons. The van der Waals surface area contributed by atoms with E-state index in [1.807, 2.05) is 17.5 Å². The molecule has 1 aromatic heterocycles. The number of thiophene rings is 1. The van der Waals surface area contributed by atoms with Crippen molar-refractivity contribution in [1.82, 2.24) is 10.2 Å². The third-order valence-electron chi connectivity index (χ3n) is 3.67. The molecule has 0 aromatic carbocycles. The molecule has 1 aromatic rings. The predicted octanol–water partition coefficient (Wildman–Crippen LogP) is 1.49. The van der Waals surface area contributed by atoms with Crippen LogP contribution in [0.15, 0.2) is 17.5 Å². The summed E-state index contributed by atoms with van der Waals surface area (Å²) < 4.78 is 0. The molecule has 2 N–H and O–H groups in total. The molecule has 1 saturated heterocycles. The van der Waals surface area contributed by atoms with Crippen molar-refractivity contribution in [3.05, 3.63) is 22.4 Å². The van der Waals surface area contributed by atoms with Gasteiger partial charge in [0.2, 0.25) is 5.91 Å². The molecule has 1 atom stereocenters. The van der Waals surface area contributed by atoms with Gasteiger partial charge in [0.1, 0.15) is 0 Å². The largest absolute Gasteiger partial charge is 0.394 e. The van der Waals surface area contributed by atoms with Crippen LogP contribution < -0.4 is 5.32 Å². The molecular formula is C15H22N2O3S. The average molecular weight is 310 g/mol. The third kappa shape index (κ3) is 4.04. The van der Waals surface area contributed by atoms with E-state index >= 15 is 0 Å². The van der Waals surface area contributed by atoms with Crippen molar-refractivity contribution >= 4 is 23.2 Å². The Morgan fingerprint density at radius 2 is 2.29 bits per heavy atom.